The van der Waals surface area contributed by atoms with Crippen LogP contribution < -0.4 is 10.6 Å². The zero-order chi connectivity index (χ0) is 15.4. The summed E-state index contributed by atoms with van der Waals surface area (Å²) in [5.74, 6) is -0.0572. The maximum absolute atomic E-state index is 12.4. The van der Waals surface area contributed by atoms with Gasteiger partial charge >= 0.3 is 0 Å². The van der Waals surface area contributed by atoms with Crippen LogP contribution in [0.1, 0.15) is 15.9 Å². The zero-order valence-electron chi connectivity index (χ0n) is 11.3. The van der Waals surface area contributed by atoms with Gasteiger partial charge in [-0.3, -0.25) is 4.79 Å². The molecule has 6 heteroatoms. The lowest BCUT2D eigenvalue weighted by atomic mass is 10.1. The maximum Gasteiger partial charge on any atom is 0.258 e. The quantitative estimate of drug-likeness (QED) is 0.276. The predicted octanol–water partition coefficient (Wildman–Crippen LogP) is 2.66. The predicted molar refractivity (Wildman–Crippen MR) is 90.8 cm³/mol. The molecule has 3 N–H and O–H groups in total. The summed E-state index contributed by atoms with van der Waals surface area (Å²) in [5, 5.41) is 11.6. The van der Waals surface area contributed by atoms with Crippen molar-refractivity contribution in [2.45, 2.75) is 0 Å². The van der Waals surface area contributed by atoms with Crippen molar-refractivity contribution in [2.24, 2.45) is 10.9 Å². The molecule has 108 valence electrons. The maximum atomic E-state index is 12.4. The van der Waals surface area contributed by atoms with E-state index in [0.29, 0.717) is 11.1 Å². The number of amidine groups is 1. The first-order valence-electron chi connectivity index (χ1n) is 6.14. The minimum atomic E-state index is -0.0925. The Hall–Kier alpha value is -2.09. The highest BCUT2D eigenvalue weighted by Crippen LogP contribution is 2.17. The van der Waals surface area contributed by atoms with E-state index in [2.05, 4.69) is 27.7 Å². The number of rotatable bonds is 3. The first-order chi connectivity index (χ1) is 10.0. The average Bonchev–Trinajstić information content (AvgIpc) is 2.53. The molecule has 0 radical (unpaired) electrons. The van der Waals surface area contributed by atoms with Gasteiger partial charge in [0.2, 0.25) is 0 Å². The van der Waals surface area contributed by atoms with E-state index in [1.165, 1.54) is 0 Å². The fourth-order valence-corrected chi connectivity index (χ4v) is 2.39. The Morgan fingerprint density at radius 2 is 1.86 bits per heavy atom. The number of carbonyl (C=O) groups excluding carboxylic acids is 1. The minimum absolute atomic E-state index is 0.0353. The molecule has 2 rings (SSSR count). The number of hydrogen-bond donors (Lipinski definition) is 2. The lowest BCUT2D eigenvalue weighted by molar-refractivity contribution is 0.0993. The molecule has 1 amide bonds. The third-order valence-electron chi connectivity index (χ3n) is 3.03. The average molecular weight is 395 g/mol. The second-order valence-corrected chi connectivity index (χ2v) is 5.65. The third kappa shape index (κ3) is 3.52. The number of carbonyl (C=O) groups is 1. The number of halogens is 1. The molecule has 2 aromatic carbocycles. The number of anilines is 1. The van der Waals surface area contributed by atoms with Crippen molar-refractivity contribution in [1.29, 1.82) is 0 Å². The summed E-state index contributed by atoms with van der Waals surface area (Å²) in [7, 11) is 1.71. The summed E-state index contributed by atoms with van der Waals surface area (Å²) in [4.78, 5) is 14.0. The van der Waals surface area contributed by atoms with Gasteiger partial charge in [-0.1, -0.05) is 11.2 Å². The van der Waals surface area contributed by atoms with Gasteiger partial charge in [-0.15, -0.1) is 0 Å². The first kappa shape index (κ1) is 15.3. The van der Waals surface area contributed by atoms with Gasteiger partial charge in [0.15, 0.2) is 5.84 Å². The molecule has 0 bridgehead atoms. The van der Waals surface area contributed by atoms with E-state index in [1.807, 2.05) is 18.2 Å². The normalized spacial score (nSPS) is 11.2. The van der Waals surface area contributed by atoms with E-state index in [0.717, 1.165) is 9.26 Å². The van der Waals surface area contributed by atoms with Gasteiger partial charge in [0.1, 0.15) is 0 Å². The van der Waals surface area contributed by atoms with Crippen LogP contribution >= 0.6 is 22.6 Å². The van der Waals surface area contributed by atoms with Crippen LogP contribution in [0.4, 0.5) is 5.69 Å². The number of nitrogens with zero attached hydrogens (tertiary/aromatic N) is 2. The molecule has 2 aromatic rings. The van der Waals surface area contributed by atoms with Crippen LogP contribution in [-0.2, 0) is 0 Å². The SMILES string of the molecule is CN(C(=O)c1cccc(I)c1)c1ccc(C(N)=NO)cc1. The Balaban J connectivity index is 2.23. The highest BCUT2D eigenvalue weighted by atomic mass is 127. The zero-order valence-corrected chi connectivity index (χ0v) is 13.5. The van der Waals surface area contributed by atoms with Gasteiger partial charge in [0.25, 0.3) is 5.91 Å². The van der Waals surface area contributed by atoms with Crippen LogP contribution in [-0.4, -0.2) is 24.0 Å². The van der Waals surface area contributed by atoms with Crippen molar-refractivity contribution in [1.82, 2.24) is 0 Å². The molecular weight excluding hydrogens is 381 g/mol. The molecular formula is C15H14IN3O2. The lowest BCUT2D eigenvalue weighted by Crippen LogP contribution is -2.26. The summed E-state index contributed by atoms with van der Waals surface area (Å²) >= 11 is 2.17. The Bertz CT molecular complexity index is 684. The van der Waals surface area contributed by atoms with Crippen LogP contribution in [0.5, 0.6) is 0 Å². The molecule has 0 aliphatic carbocycles. The fraction of sp³-hybridized carbons (Fsp3) is 0.0667. The van der Waals surface area contributed by atoms with Crippen molar-refractivity contribution >= 4 is 40.0 Å². The smallest absolute Gasteiger partial charge is 0.258 e. The summed E-state index contributed by atoms with van der Waals surface area (Å²) in [6.45, 7) is 0. The molecule has 0 saturated heterocycles. The van der Waals surface area contributed by atoms with Crippen molar-refractivity contribution < 1.29 is 10.0 Å². The summed E-state index contributed by atoms with van der Waals surface area (Å²) in [6, 6.07) is 14.3. The number of oxime groups is 1. The summed E-state index contributed by atoms with van der Waals surface area (Å²) < 4.78 is 1.01. The van der Waals surface area contributed by atoms with Crippen molar-refractivity contribution in [3.05, 3.63) is 63.2 Å². The van der Waals surface area contributed by atoms with Crippen molar-refractivity contribution in [2.75, 3.05) is 11.9 Å². The number of nitrogens with two attached hydrogens (primary N) is 1. The number of amides is 1. The Morgan fingerprint density at radius 1 is 1.19 bits per heavy atom. The van der Waals surface area contributed by atoms with E-state index in [9.17, 15) is 4.79 Å². The number of benzene rings is 2. The van der Waals surface area contributed by atoms with Gasteiger partial charge in [0.05, 0.1) is 0 Å². The second kappa shape index (κ2) is 6.57. The van der Waals surface area contributed by atoms with Crippen LogP contribution in [0.15, 0.2) is 53.7 Å². The van der Waals surface area contributed by atoms with E-state index in [4.69, 9.17) is 10.9 Å². The topological polar surface area (TPSA) is 78.9 Å². The molecule has 5 nitrogen and oxygen atoms in total. The van der Waals surface area contributed by atoms with Gasteiger partial charge in [0, 0.05) is 27.4 Å². The molecule has 0 unspecified atom stereocenters. The van der Waals surface area contributed by atoms with Crippen LogP contribution in [0.25, 0.3) is 0 Å². The monoisotopic (exact) mass is 395 g/mol. The molecule has 0 heterocycles. The highest BCUT2D eigenvalue weighted by molar-refractivity contribution is 14.1. The van der Waals surface area contributed by atoms with E-state index < -0.39 is 0 Å². The van der Waals surface area contributed by atoms with Gasteiger partial charge in [-0.25, -0.2) is 0 Å². The van der Waals surface area contributed by atoms with E-state index in [-0.39, 0.29) is 11.7 Å². The summed E-state index contributed by atoms with van der Waals surface area (Å²) in [5.41, 5.74) is 7.46. The molecule has 0 fully saturated rings. The Labute approximate surface area is 136 Å². The molecule has 0 atom stereocenters. The largest absolute Gasteiger partial charge is 0.409 e. The molecule has 0 spiro atoms. The minimum Gasteiger partial charge on any atom is -0.409 e. The molecule has 0 aliphatic rings. The van der Waals surface area contributed by atoms with Crippen LogP contribution in [0, 0.1) is 3.57 Å². The Morgan fingerprint density at radius 3 is 2.43 bits per heavy atom. The molecule has 0 aliphatic heterocycles. The lowest BCUT2D eigenvalue weighted by Gasteiger charge is -2.18. The highest BCUT2D eigenvalue weighted by Gasteiger charge is 2.13. The Kier molecular flexibility index (Phi) is 4.79. The van der Waals surface area contributed by atoms with Crippen LogP contribution in [0.3, 0.4) is 0 Å². The van der Waals surface area contributed by atoms with Crippen molar-refractivity contribution in [3.63, 3.8) is 0 Å². The van der Waals surface area contributed by atoms with Gasteiger partial charge in [-0.05, 0) is 65.1 Å². The van der Waals surface area contributed by atoms with Crippen LogP contribution in [0.2, 0.25) is 0 Å². The first-order valence-corrected chi connectivity index (χ1v) is 7.22. The number of hydrogen-bond acceptors (Lipinski definition) is 3. The third-order valence-corrected chi connectivity index (χ3v) is 3.71. The van der Waals surface area contributed by atoms with E-state index in [1.54, 1.807) is 42.3 Å². The van der Waals surface area contributed by atoms with Crippen molar-refractivity contribution in [3.8, 4) is 0 Å². The van der Waals surface area contributed by atoms with Gasteiger partial charge in [-0.2, -0.15) is 0 Å². The molecule has 21 heavy (non-hydrogen) atoms. The standard InChI is InChI=1S/C15H14IN3O2/c1-19(15(20)11-3-2-4-12(16)9-11)13-7-5-10(6-8-13)14(17)18-21/h2-9,21H,1H3,(H2,17,18). The molecule has 0 saturated carbocycles. The second-order valence-electron chi connectivity index (χ2n) is 4.41. The molecule has 0 aromatic heterocycles. The van der Waals surface area contributed by atoms with Gasteiger partial charge < -0.3 is 15.8 Å². The fourth-order valence-electron chi connectivity index (χ4n) is 1.85. The van der Waals surface area contributed by atoms with E-state index >= 15 is 0 Å². The summed E-state index contributed by atoms with van der Waals surface area (Å²) in [6.07, 6.45) is 0.